The van der Waals surface area contributed by atoms with E-state index < -0.39 is 10.4 Å². The second-order valence-corrected chi connectivity index (χ2v) is 6.43. The second-order valence-electron chi connectivity index (χ2n) is 5.04. The molecule has 0 aliphatic carbocycles. The monoisotopic (exact) mass is 316 g/mol. The Balaban J connectivity index is 2.47. The topological polar surface area (TPSA) is 37.3 Å². The minimum atomic E-state index is -1.69. The van der Waals surface area contributed by atoms with E-state index >= 15 is 0 Å². The van der Waals surface area contributed by atoms with Crippen molar-refractivity contribution in [3.63, 3.8) is 0 Å². The number of ketones is 1. The van der Waals surface area contributed by atoms with Crippen molar-refractivity contribution < 1.29 is 9.90 Å². The molecule has 0 radical (unpaired) electrons. The lowest BCUT2D eigenvalue weighted by Crippen LogP contribution is -2.39. The van der Waals surface area contributed by atoms with E-state index in [-0.39, 0.29) is 5.78 Å². The summed E-state index contributed by atoms with van der Waals surface area (Å²) in [5.74, 6) is -0.283. The highest BCUT2D eigenvalue weighted by atomic mass is 35.5. The van der Waals surface area contributed by atoms with Gasteiger partial charge in [0.15, 0.2) is 5.78 Å². The van der Waals surface area contributed by atoms with Gasteiger partial charge in [0.2, 0.25) is 4.33 Å². The van der Waals surface area contributed by atoms with E-state index in [4.69, 9.17) is 23.2 Å². The van der Waals surface area contributed by atoms with Gasteiger partial charge in [-0.3, -0.25) is 4.79 Å². The molecule has 1 N–H and O–H groups in total. The Hall–Kier alpha value is -0.570. The predicted molar refractivity (Wildman–Crippen MR) is 84.4 cm³/mol. The molecule has 112 valence electrons. The van der Waals surface area contributed by atoms with Crippen molar-refractivity contribution in [3.05, 3.63) is 35.9 Å². The van der Waals surface area contributed by atoms with Crippen LogP contribution in [0.3, 0.4) is 0 Å². The molecule has 1 atom stereocenters. The number of benzene rings is 1. The zero-order valence-electron chi connectivity index (χ0n) is 11.8. The molecule has 1 unspecified atom stereocenters. The van der Waals surface area contributed by atoms with Crippen LogP contribution < -0.4 is 0 Å². The Morgan fingerprint density at radius 2 is 1.90 bits per heavy atom. The molecule has 0 spiro atoms. The number of aryl methyl sites for hydroxylation is 1. The first-order valence-electron chi connectivity index (χ1n) is 7.11. The third-order valence-corrected chi connectivity index (χ3v) is 4.27. The SMILES string of the molecule is CCCCCC(=O)C(Cl)(Cl)C(O)CCc1ccccc1. The first-order valence-corrected chi connectivity index (χ1v) is 7.87. The Labute approximate surface area is 131 Å². The lowest BCUT2D eigenvalue weighted by atomic mass is 10.00. The van der Waals surface area contributed by atoms with Gasteiger partial charge >= 0.3 is 0 Å². The first-order chi connectivity index (χ1) is 9.48. The van der Waals surface area contributed by atoms with Gasteiger partial charge in [0, 0.05) is 6.42 Å². The third kappa shape index (κ3) is 5.43. The van der Waals surface area contributed by atoms with Crippen LogP contribution in [-0.4, -0.2) is 21.3 Å². The average Bonchev–Trinajstić information content (AvgIpc) is 2.45. The number of aliphatic hydroxyl groups excluding tert-OH is 1. The number of hydrogen-bond acceptors (Lipinski definition) is 2. The van der Waals surface area contributed by atoms with Crippen LogP contribution in [0.25, 0.3) is 0 Å². The normalized spacial score (nSPS) is 13.2. The van der Waals surface area contributed by atoms with Gasteiger partial charge in [0.05, 0.1) is 6.10 Å². The van der Waals surface area contributed by atoms with Crippen LogP contribution >= 0.6 is 23.2 Å². The average molecular weight is 317 g/mol. The molecule has 4 heteroatoms. The maximum absolute atomic E-state index is 12.0. The number of unbranched alkanes of at least 4 members (excludes halogenated alkanes) is 2. The summed E-state index contributed by atoms with van der Waals surface area (Å²) in [6, 6.07) is 9.75. The fourth-order valence-corrected chi connectivity index (χ4v) is 2.42. The molecule has 0 aromatic heterocycles. The van der Waals surface area contributed by atoms with E-state index in [9.17, 15) is 9.90 Å². The van der Waals surface area contributed by atoms with E-state index in [2.05, 4.69) is 6.92 Å². The lowest BCUT2D eigenvalue weighted by Gasteiger charge is -2.24. The van der Waals surface area contributed by atoms with Gasteiger partial charge in [-0.1, -0.05) is 73.3 Å². The molecular weight excluding hydrogens is 295 g/mol. The summed E-state index contributed by atoms with van der Waals surface area (Å²) < 4.78 is -1.69. The Morgan fingerprint density at radius 1 is 1.25 bits per heavy atom. The van der Waals surface area contributed by atoms with E-state index in [1.807, 2.05) is 30.3 Å². The van der Waals surface area contributed by atoms with Gasteiger partial charge < -0.3 is 5.11 Å². The van der Waals surface area contributed by atoms with Crippen molar-refractivity contribution in [2.24, 2.45) is 0 Å². The highest BCUT2D eigenvalue weighted by Gasteiger charge is 2.40. The van der Waals surface area contributed by atoms with Gasteiger partial charge in [-0.15, -0.1) is 0 Å². The molecule has 20 heavy (non-hydrogen) atoms. The fourth-order valence-electron chi connectivity index (χ4n) is 2.02. The molecule has 0 bridgehead atoms. The summed E-state index contributed by atoms with van der Waals surface area (Å²) >= 11 is 12.1. The van der Waals surface area contributed by atoms with Crippen LogP contribution in [-0.2, 0) is 11.2 Å². The Morgan fingerprint density at radius 3 is 2.50 bits per heavy atom. The number of carbonyl (C=O) groups excluding carboxylic acids is 1. The molecule has 2 nitrogen and oxygen atoms in total. The van der Waals surface area contributed by atoms with Crippen molar-refractivity contribution in [1.29, 1.82) is 0 Å². The molecule has 0 saturated carbocycles. The number of alkyl halides is 2. The fraction of sp³-hybridized carbons (Fsp3) is 0.562. The molecule has 0 amide bonds. The summed E-state index contributed by atoms with van der Waals surface area (Å²) in [7, 11) is 0. The Bertz CT molecular complexity index is 404. The summed E-state index contributed by atoms with van der Waals surface area (Å²) in [5.41, 5.74) is 1.09. The lowest BCUT2D eigenvalue weighted by molar-refractivity contribution is -0.122. The van der Waals surface area contributed by atoms with Gasteiger partial charge in [-0.25, -0.2) is 0 Å². The highest BCUT2D eigenvalue weighted by Crippen LogP contribution is 2.31. The molecule has 0 heterocycles. The molecule has 0 fully saturated rings. The summed E-state index contributed by atoms with van der Waals surface area (Å²) in [6.07, 6.45) is 3.06. The van der Waals surface area contributed by atoms with E-state index in [1.54, 1.807) is 0 Å². The van der Waals surface area contributed by atoms with Crippen LogP contribution in [0.4, 0.5) is 0 Å². The van der Waals surface area contributed by atoms with Gasteiger partial charge in [-0.2, -0.15) is 0 Å². The van der Waals surface area contributed by atoms with Gasteiger partial charge in [0.25, 0.3) is 0 Å². The number of rotatable bonds is 9. The number of Topliss-reactive ketones (excluding diaryl/α,β-unsaturated/α-hetero) is 1. The summed E-state index contributed by atoms with van der Waals surface area (Å²) in [5, 5.41) is 10.1. The van der Waals surface area contributed by atoms with Crippen molar-refractivity contribution in [3.8, 4) is 0 Å². The van der Waals surface area contributed by atoms with Crippen LogP contribution in [0.1, 0.15) is 44.6 Å². The molecular formula is C16H22Cl2O2. The van der Waals surface area contributed by atoms with Crippen LogP contribution in [0.15, 0.2) is 30.3 Å². The number of aliphatic hydroxyl groups is 1. The number of carbonyl (C=O) groups is 1. The standard InChI is InChI=1S/C16H22Cl2O2/c1-2-3-5-10-14(19)16(17,18)15(20)12-11-13-8-6-4-7-9-13/h4,6-9,15,20H,2-3,5,10-12H2,1H3. The molecule has 0 aliphatic heterocycles. The van der Waals surface area contributed by atoms with Crippen molar-refractivity contribution >= 4 is 29.0 Å². The minimum Gasteiger partial charge on any atom is -0.389 e. The maximum atomic E-state index is 12.0. The van der Waals surface area contributed by atoms with Gasteiger partial charge in [-0.05, 0) is 24.8 Å². The zero-order valence-corrected chi connectivity index (χ0v) is 13.3. The largest absolute Gasteiger partial charge is 0.389 e. The maximum Gasteiger partial charge on any atom is 0.201 e. The summed E-state index contributed by atoms with van der Waals surface area (Å²) in [6.45, 7) is 2.06. The molecule has 0 aliphatic rings. The third-order valence-electron chi connectivity index (χ3n) is 3.35. The van der Waals surface area contributed by atoms with Gasteiger partial charge in [0.1, 0.15) is 0 Å². The van der Waals surface area contributed by atoms with Crippen molar-refractivity contribution in [2.45, 2.75) is 55.9 Å². The van der Waals surface area contributed by atoms with Crippen LogP contribution in [0.2, 0.25) is 0 Å². The molecule has 1 aromatic carbocycles. The second kappa shape index (κ2) is 8.66. The highest BCUT2D eigenvalue weighted by molar-refractivity contribution is 6.58. The number of halogens is 2. The van der Waals surface area contributed by atoms with Crippen molar-refractivity contribution in [2.75, 3.05) is 0 Å². The Kier molecular flexibility index (Phi) is 7.57. The first kappa shape index (κ1) is 17.5. The van der Waals surface area contributed by atoms with E-state index in [0.29, 0.717) is 19.3 Å². The minimum absolute atomic E-state index is 0.283. The molecule has 0 saturated heterocycles. The molecule has 1 aromatic rings. The van der Waals surface area contributed by atoms with Crippen molar-refractivity contribution in [1.82, 2.24) is 0 Å². The zero-order chi connectivity index (χ0) is 15.0. The number of hydrogen-bond donors (Lipinski definition) is 1. The summed E-state index contributed by atoms with van der Waals surface area (Å²) in [4.78, 5) is 12.0. The van der Waals surface area contributed by atoms with Crippen LogP contribution in [0, 0.1) is 0 Å². The van der Waals surface area contributed by atoms with E-state index in [0.717, 1.165) is 24.8 Å². The van der Waals surface area contributed by atoms with Crippen LogP contribution in [0.5, 0.6) is 0 Å². The molecule has 1 rings (SSSR count). The smallest absolute Gasteiger partial charge is 0.201 e. The quantitative estimate of drug-likeness (QED) is 0.544. The predicted octanol–water partition coefficient (Wildman–Crippen LogP) is 4.30. The van der Waals surface area contributed by atoms with E-state index in [1.165, 1.54) is 0 Å².